The second-order valence-corrected chi connectivity index (χ2v) is 6.42. The van der Waals surface area contributed by atoms with E-state index in [1.807, 2.05) is 17.8 Å². The summed E-state index contributed by atoms with van der Waals surface area (Å²) in [7, 11) is 1.91. The summed E-state index contributed by atoms with van der Waals surface area (Å²) in [5.74, 6) is -0.362. The van der Waals surface area contributed by atoms with Gasteiger partial charge in [0, 0.05) is 38.9 Å². The van der Waals surface area contributed by atoms with Crippen LogP contribution in [-0.4, -0.2) is 33.7 Å². The Hall–Kier alpha value is -2.28. The number of aryl methyl sites for hydroxylation is 1. The molecule has 0 radical (unpaired) electrons. The van der Waals surface area contributed by atoms with Crippen molar-refractivity contribution in [2.45, 2.75) is 31.7 Å². The van der Waals surface area contributed by atoms with Crippen LogP contribution in [0.1, 0.15) is 43.2 Å². The molecule has 0 bridgehead atoms. The van der Waals surface area contributed by atoms with E-state index in [1.54, 1.807) is 13.1 Å². The number of imidazole rings is 1. The highest BCUT2D eigenvalue weighted by atomic mass is 19.1. The number of hydrogen-bond acceptors (Lipinski definition) is 4. The van der Waals surface area contributed by atoms with E-state index in [2.05, 4.69) is 15.3 Å². The molecule has 7 heteroatoms. The van der Waals surface area contributed by atoms with Gasteiger partial charge in [-0.05, 0) is 37.8 Å². The number of ether oxygens (including phenoxy) is 1. The molecule has 1 fully saturated rings. The molecule has 0 spiro atoms. The molecule has 2 atom stereocenters. The van der Waals surface area contributed by atoms with E-state index in [4.69, 9.17) is 4.74 Å². The van der Waals surface area contributed by atoms with E-state index < -0.39 is 11.7 Å². The summed E-state index contributed by atoms with van der Waals surface area (Å²) in [5.41, 5.74) is 0.158. The third kappa shape index (κ3) is 3.87. The van der Waals surface area contributed by atoms with Crippen molar-refractivity contribution in [3.8, 4) is 0 Å². The number of halogens is 1. The Morgan fingerprint density at radius 3 is 2.76 bits per heavy atom. The van der Waals surface area contributed by atoms with Gasteiger partial charge in [-0.3, -0.25) is 9.78 Å². The van der Waals surface area contributed by atoms with Crippen LogP contribution in [0.5, 0.6) is 0 Å². The number of carbonyl (C=O) groups excluding carboxylic acids is 1. The molecule has 6 nitrogen and oxygen atoms in total. The van der Waals surface area contributed by atoms with Gasteiger partial charge >= 0.3 is 0 Å². The molecule has 1 aliphatic rings. The Morgan fingerprint density at radius 1 is 1.36 bits per heavy atom. The van der Waals surface area contributed by atoms with Gasteiger partial charge in [-0.1, -0.05) is 0 Å². The number of pyridine rings is 1. The largest absolute Gasteiger partial charge is 0.381 e. The smallest absolute Gasteiger partial charge is 0.229 e. The molecule has 3 heterocycles. The van der Waals surface area contributed by atoms with Crippen LogP contribution in [-0.2, 0) is 16.6 Å². The number of hydrogen-bond donors (Lipinski definition) is 1. The molecular formula is C18H23FN4O2. The number of aromatic nitrogens is 3. The molecular weight excluding hydrogens is 323 g/mol. The predicted octanol–water partition coefficient (Wildman–Crippen LogP) is 2.34. The zero-order valence-corrected chi connectivity index (χ0v) is 14.5. The van der Waals surface area contributed by atoms with E-state index in [9.17, 15) is 9.18 Å². The van der Waals surface area contributed by atoms with E-state index in [-0.39, 0.29) is 23.6 Å². The second-order valence-electron chi connectivity index (χ2n) is 6.42. The van der Waals surface area contributed by atoms with Crippen LogP contribution in [0.3, 0.4) is 0 Å². The lowest BCUT2D eigenvalue weighted by Crippen LogP contribution is -2.39. The standard InChI is InChI=1S/C18H23FN4O2/c1-12(15-14(19)4-3-7-20-15)18(24)22-16(13-5-10-25-11-6-13)17-21-8-9-23(17)2/h3-4,7-9,12-13,16H,5-6,10-11H2,1-2H3,(H,22,24). The molecule has 134 valence electrons. The summed E-state index contributed by atoms with van der Waals surface area (Å²) < 4.78 is 21.3. The van der Waals surface area contributed by atoms with Crippen molar-refractivity contribution in [3.05, 3.63) is 48.1 Å². The zero-order valence-electron chi connectivity index (χ0n) is 14.5. The van der Waals surface area contributed by atoms with Crippen molar-refractivity contribution in [2.75, 3.05) is 13.2 Å². The normalized spacial score (nSPS) is 17.9. The van der Waals surface area contributed by atoms with Crippen molar-refractivity contribution < 1.29 is 13.9 Å². The average Bonchev–Trinajstić information content (AvgIpc) is 3.06. The van der Waals surface area contributed by atoms with E-state index >= 15 is 0 Å². The second kappa shape index (κ2) is 7.74. The van der Waals surface area contributed by atoms with Crippen LogP contribution in [0.2, 0.25) is 0 Å². The van der Waals surface area contributed by atoms with Crippen molar-refractivity contribution >= 4 is 5.91 Å². The van der Waals surface area contributed by atoms with Crippen LogP contribution in [0.25, 0.3) is 0 Å². The first-order valence-electron chi connectivity index (χ1n) is 8.53. The fourth-order valence-corrected chi connectivity index (χ4v) is 3.24. The summed E-state index contributed by atoms with van der Waals surface area (Å²) in [6.45, 7) is 3.01. The summed E-state index contributed by atoms with van der Waals surface area (Å²) in [6.07, 6.45) is 6.77. The van der Waals surface area contributed by atoms with Gasteiger partial charge in [-0.2, -0.15) is 0 Å². The van der Waals surface area contributed by atoms with Gasteiger partial charge in [-0.15, -0.1) is 0 Å². The minimum atomic E-state index is -0.677. The van der Waals surface area contributed by atoms with Gasteiger partial charge in [0.25, 0.3) is 0 Å². The first-order valence-corrected chi connectivity index (χ1v) is 8.53. The number of nitrogens with one attached hydrogen (secondary N) is 1. The number of carbonyl (C=O) groups is 1. The molecule has 1 saturated heterocycles. The van der Waals surface area contributed by atoms with E-state index in [0.29, 0.717) is 13.2 Å². The predicted molar refractivity (Wildman–Crippen MR) is 90.2 cm³/mol. The molecule has 25 heavy (non-hydrogen) atoms. The Bertz CT molecular complexity index is 727. The Kier molecular flexibility index (Phi) is 5.43. The lowest BCUT2D eigenvalue weighted by Gasteiger charge is -2.31. The molecule has 0 aliphatic carbocycles. The molecule has 1 aliphatic heterocycles. The van der Waals surface area contributed by atoms with Crippen LogP contribution in [0.15, 0.2) is 30.7 Å². The maximum atomic E-state index is 14.0. The molecule has 2 aromatic heterocycles. The summed E-state index contributed by atoms with van der Waals surface area (Å²) >= 11 is 0. The maximum absolute atomic E-state index is 14.0. The molecule has 2 aromatic rings. The van der Waals surface area contributed by atoms with Gasteiger partial charge in [0.15, 0.2) is 0 Å². The minimum absolute atomic E-state index is 0.158. The first kappa shape index (κ1) is 17.5. The highest BCUT2D eigenvalue weighted by molar-refractivity contribution is 5.83. The minimum Gasteiger partial charge on any atom is -0.381 e. The zero-order chi connectivity index (χ0) is 17.8. The third-order valence-corrected chi connectivity index (χ3v) is 4.76. The van der Waals surface area contributed by atoms with E-state index in [0.717, 1.165) is 18.7 Å². The highest BCUT2D eigenvalue weighted by Gasteiger charge is 2.31. The van der Waals surface area contributed by atoms with E-state index in [1.165, 1.54) is 18.3 Å². The topological polar surface area (TPSA) is 69.0 Å². The number of rotatable bonds is 5. The lowest BCUT2D eigenvalue weighted by molar-refractivity contribution is -0.124. The molecule has 3 rings (SSSR count). The molecule has 0 aromatic carbocycles. The molecule has 1 N–H and O–H groups in total. The Labute approximate surface area is 146 Å². The Morgan fingerprint density at radius 2 is 2.12 bits per heavy atom. The molecule has 0 saturated carbocycles. The number of amides is 1. The monoisotopic (exact) mass is 346 g/mol. The Balaban J connectivity index is 1.81. The quantitative estimate of drug-likeness (QED) is 0.902. The lowest BCUT2D eigenvalue weighted by atomic mass is 9.90. The fourth-order valence-electron chi connectivity index (χ4n) is 3.24. The van der Waals surface area contributed by atoms with Crippen LogP contribution in [0.4, 0.5) is 4.39 Å². The van der Waals surface area contributed by atoms with Gasteiger partial charge in [0.2, 0.25) is 5.91 Å². The van der Waals surface area contributed by atoms with Gasteiger partial charge in [-0.25, -0.2) is 9.37 Å². The summed E-state index contributed by atoms with van der Waals surface area (Å²) in [4.78, 5) is 21.2. The summed E-state index contributed by atoms with van der Waals surface area (Å²) in [5, 5.41) is 3.07. The average molecular weight is 346 g/mol. The first-order chi connectivity index (χ1) is 12.1. The van der Waals surface area contributed by atoms with Crippen molar-refractivity contribution in [3.63, 3.8) is 0 Å². The summed E-state index contributed by atoms with van der Waals surface area (Å²) in [6, 6.07) is 2.61. The van der Waals surface area contributed by atoms with Gasteiger partial charge < -0.3 is 14.6 Å². The number of nitrogens with zero attached hydrogens (tertiary/aromatic N) is 3. The van der Waals surface area contributed by atoms with Crippen LogP contribution < -0.4 is 5.32 Å². The molecule has 2 unspecified atom stereocenters. The third-order valence-electron chi connectivity index (χ3n) is 4.76. The highest BCUT2D eigenvalue weighted by Crippen LogP contribution is 2.30. The van der Waals surface area contributed by atoms with Crippen molar-refractivity contribution in [1.29, 1.82) is 0 Å². The van der Waals surface area contributed by atoms with Crippen LogP contribution >= 0.6 is 0 Å². The van der Waals surface area contributed by atoms with Crippen LogP contribution in [0, 0.1) is 11.7 Å². The SMILES string of the molecule is CC(C(=O)NC(c1nccn1C)C1CCOCC1)c1ncccc1F. The van der Waals surface area contributed by atoms with Crippen molar-refractivity contribution in [2.24, 2.45) is 13.0 Å². The maximum Gasteiger partial charge on any atom is 0.229 e. The fraction of sp³-hybridized carbons (Fsp3) is 0.500. The molecule has 1 amide bonds. The van der Waals surface area contributed by atoms with Crippen molar-refractivity contribution in [1.82, 2.24) is 19.9 Å². The van der Waals surface area contributed by atoms with Gasteiger partial charge in [0.05, 0.1) is 17.7 Å². The van der Waals surface area contributed by atoms with Gasteiger partial charge in [0.1, 0.15) is 11.6 Å².